The van der Waals surface area contributed by atoms with E-state index < -0.39 is 11.7 Å². The maximum Gasteiger partial charge on any atom is 0.417 e. The van der Waals surface area contributed by atoms with Gasteiger partial charge in [-0.3, -0.25) is 0 Å². The van der Waals surface area contributed by atoms with Gasteiger partial charge in [0.15, 0.2) is 0 Å². The molecular formula is C16H24F3NS. The standard InChI is InChI=1S/C16H24F3NS/c1-10(2)12(5)21-15-7-6-13(9-20-11(3)4)8-14(15)16(17,18)19/h6-8,10-12,20H,9H2,1-5H3. The van der Waals surface area contributed by atoms with Crippen LogP contribution in [-0.2, 0) is 12.7 Å². The third kappa shape index (κ3) is 5.91. The molecule has 1 atom stereocenters. The molecule has 0 amide bonds. The number of rotatable bonds is 6. The smallest absolute Gasteiger partial charge is 0.310 e. The van der Waals surface area contributed by atoms with Gasteiger partial charge in [0, 0.05) is 22.7 Å². The zero-order chi connectivity index (χ0) is 16.2. The zero-order valence-electron chi connectivity index (χ0n) is 13.2. The van der Waals surface area contributed by atoms with Crippen LogP contribution in [-0.4, -0.2) is 11.3 Å². The van der Waals surface area contributed by atoms with E-state index in [1.165, 1.54) is 17.8 Å². The van der Waals surface area contributed by atoms with Crippen molar-refractivity contribution in [1.82, 2.24) is 5.32 Å². The van der Waals surface area contributed by atoms with Crippen LogP contribution in [0.25, 0.3) is 0 Å². The predicted molar refractivity (Wildman–Crippen MR) is 83.6 cm³/mol. The summed E-state index contributed by atoms with van der Waals surface area (Å²) in [6.45, 7) is 10.4. The van der Waals surface area contributed by atoms with Crippen LogP contribution in [0.1, 0.15) is 45.7 Å². The first-order valence-electron chi connectivity index (χ1n) is 7.21. The lowest BCUT2D eigenvalue weighted by molar-refractivity contribution is -0.139. The Morgan fingerprint density at radius 3 is 2.19 bits per heavy atom. The second-order valence-electron chi connectivity index (χ2n) is 5.93. The Balaban J connectivity index is 3.03. The molecule has 1 unspecified atom stereocenters. The van der Waals surface area contributed by atoms with E-state index in [0.29, 0.717) is 22.9 Å². The lowest BCUT2D eigenvalue weighted by Gasteiger charge is -2.19. The summed E-state index contributed by atoms with van der Waals surface area (Å²) in [5.41, 5.74) is 0.139. The minimum atomic E-state index is -4.31. The summed E-state index contributed by atoms with van der Waals surface area (Å²) in [6.07, 6.45) is -4.31. The first-order valence-corrected chi connectivity index (χ1v) is 8.09. The Hall–Kier alpha value is -0.680. The van der Waals surface area contributed by atoms with E-state index >= 15 is 0 Å². The molecule has 0 radical (unpaired) electrons. The van der Waals surface area contributed by atoms with Gasteiger partial charge in [0.1, 0.15) is 0 Å². The maximum atomic E-state index is 13.2. The Labute approximate surface area is 129 Å². The van der Waals surface area contributed by atoms with Crippen LogP contribution in [0.3, 0.4) is 0 Å². The van der Waals surface area contributed by atoms with Gasteiger partial charge in [0.2, 0.25) is 0 Å². The number of nitrogens with one attached hydrogen (secondary N) is 1. The Bertz CT molecular complexity index is 455. The monoisotopic (exact) mass is 319 g/mol. The first-order chi connectivity index (χ1) is 9.61. The Morgan fingerprint density at radius 1 is 1.10 bits per heavy atom. The highest BCUT2D eigenvalue weighted by atomic mass is 32.2. The zero-order valence-corrected chi connectivity index (χ0v) is 14.0. The molecule has 21 heavy (non-hydrogen) atoms. The number of hydrogen-bond acceptors (Lipinski definition) is 2. The molecule has 0 heterocycles. The number of benzene rings is 1. The van der Waals surface area contributed by atoms with Crippen LogP contribution in [0.15, 0.2) is 23.1 Å². The van der Waals surface area contributed by atoms with Crippen LogP contribution < -0.4 is 5.32 Å². The fraction of sp³-hybridized carbons (Fsp3) is 0.625. The number of thioether (sulfide) groups is 1. The van der Waals surface area contributed by atoms with Crippen molar-refractivity contribution in [3.05, 3.63) is 29.3 Å². The molecule has 1 aromatic rings. The van der Waals surface area contributed by atoms with Crippen molar-refractivity contribution in [2.24, 2.45) is 5.92 Å². The third-order valence-electron chi connectivity index (χ3n) is 3.32. The Kier molecular flexibility index (Phi) is 6.60. The van der Waals surface area contributed by atoms with Crippen molar-refractivity contribution in [2.45, 2.75) is 63.5 Å². The predicted octanol–water partition coefficient (Wildman–Crippen LogP) is 5.34. The molecule has 0 spiro atoms. The summed E-state index contributed by atoms with van der Waals surface area (Å²) < 4.78 is 39.7. The van der Waals surface area contributed by atoms with Crippen molar-refractivity contribution in [3.8, 4) is 0 Å². The summed E-state index contributed by atoms with van der Waals surface area (Å²) in [7, 11) is 0. The van der Waals surface area contributed by atoms with E-state index in [1.54, 1.807) is 12.1 Å². The second kappa shape index (κ2) is 7.54. The van der Waals surface area contributed by atoms with E-state index in [4.69, 9.17) is 0 Å². The van der Waals surface area contributed by atoms with Crippen LogP contribution in [0.5, 0.6) is 0 Å². The van der Waals surface area contributed by atoms with Crippen molar-refractivity contribution in [2.75, 3.05) is 0 Å². The van der Waals surface area contributed by atoms with E-state index in [-0.39, 0.29) is 11.3 Å². The minimum absolute atomic E-state index is 0.144. The quantitative estimate of drug-likeness (QED) is 0.710. The molecule has 0 aliphatic rings. The number of hydrogen-bond donors (Lipinski definition) is 1. The van der Waals surface area contributed by atoms with Gasteiger partial charge in [0.05, 0.1) is 5.56 Å². The largest absolute Gasteiger partial charge is 0.417 e. The van der Waals surface area contributed by atoms with Gasteiger partial charge in [-0.05, 0) is 23.6 Å². The van der Waals surface area contributed by atoms with Gasteiger partial charge in [-0.15, -0.1) is 11.8 Å². The number of alkyl halides is 3. The van der Waals surface area contributed by atoms with Crippen molar-refractivity contribution in [1.29, 1.82) is 0 Å². The molecule has 0 aromatic heterocycles. The van der Waals surface area contributed by atoms with Crippen LogP contribution >= 0.6 is 11.8 Å². The first kappa shape index (κ1) is 18.4. The van der Waals surface area contributed by atoms with Gasteiger partial charge in [-0.25, -0.2) is 0 Å². The van der Waals surface area contributed by atoms with Crippen LogP contribution in [0.4, 0.5) is 13.2 Å². The van der Waals surface area contributed by atoms with E-state index in [2.05, 4.69) is 5.32 Å². The summed E-state index contributed by atoms with van der Waals surface area (Å²) in [5.74, 6) is 0.332. The summed E-state index contributed by atoms with van der Waals surface area (Å²) >= 11 is 1.30. The molecule has 0 aliphatic carbocycles. The molecule has 0 aliphatic heterocycles. The highest BCUT2D eigenvalue weighted by Crippen LogP contribution is 2.39. The summed E-state index contributed by atoms with van der Waals surface area (Å²) in [5, 5.41) is 3.29. The molecule has 0 fully saturated rings. The molecule has 0 saturated heterocycles. The minimum Gasteiger partial charge on any atom is -0.310 e. The molecule has 1 nitrogen and oxygen atoms in total. The van der Waals surface area contributed by atoms with Gasteiger partial charge < -0.3 is 5.32 Å². The molecular weight excluding hydrogens is 295 g/mol. The van der Waals surface area contributed by atoms with E-state index in [9.17, 15) is 13.2 Å². The average Bonchev–Trinajstić information content (AvgIpc) is 2.35. The maximum absolute atomic E-state index is 13.2. The van der Waals surface area contributed by atoms with Crippen LogP contribution in [0.2, 0.25) is 0 Å². The highest BCUT2D eigenvalue weighted by molar-refractivity contribution is 8.00. The van der Waals surface area contributed by atoms with Crippen molar-refractivity contribution < 1.29 is 13.2 Å². The molecule has 120 valence electrons. The number of halogens is 3. The lowest BCUT2D eigenvalue weighted by atomic mass is 10.1. The van der Waals surface area contributed by atoms with Gasteiger partial charge in [-0.2, -0.15) is 13.2 Å². The fourth-order valence-electron chi connectivity index (χ4n) is 1.67. The molecule has 1 aromatic carbocycles. The molecule has 1 N–H and O–H groups in total. The van der Waals surface area contributed by atoms with Gasteiger partial charge >= 0.3 is 6.18 Å². The van der Waals surface area contributed by atoms with Gasteiger partial charge in [-0.1, -0.05) is 40.7 Å². The second-order valence-corrected chi connectivity index (χ2v) is 7.35. The van der Waals surface area contributed by atoms with E-state index in [1.807, 2.05) is 34.6 Å². The lowest BCUT2D eigenvalue weighted by Crippen LogP contribution is -2.22. The van der Waals surface area contributed by atoms with Crippen molar-refractivity contribution >= 4 is 11.8 Å². The molecule has 0 saturated carbocycles. The molecule has 0 bridgehead atoms. The van der Waals surface area contributed by atoms with E-state index in [0.717, 1.165) is 0 Å². The van der Waals surface area contributed by atoms with Crippen molar-refractivity contribution in [3.63, 3.8) is 0 Å². The average molecular weight is 319 g/mol. The SMILES string of the molecule is CC(C)NCc1ccc(SC(C)C(C)C)c(C(F)(F)F)c1. The fourth-order valence-corrected chi connectivity index (χ4v) is 2.79. The van der Waals surface area contributed by atoms with Gasteiger partial charge in [0.25, 0.3) is 0 Å². The molecule has 5 heteroatoms. The highest BCUT2D eigenvalue weighted by Gasteiger charge is 2.34. The third-order valence-corrected chi connectivity index (χ3v) is 4.84. The normalized spacial score (nSPS) is 14.0. The summed E-state index contributed by atoms with van der Waals surface area (Å²) in [6, 6.07) is 4.89. The topological polar surface area (TPSA) is 12.0 Å². The molecule has 1 rings (SSSR count). The summed E-state index contributed by atoms with van der Waals surface area (Å²) in [4.78, 5) is 0.317. The Morgan fingerprint density at radius 2 is 1.71 bits per heavy atom. The van der Waals surface area contributed by atoms with Crippen LogP contribution in [0, 0.1) is 5.92 Å².